The van der Waals surface area contributed by atoms with Crippen molar-refractivity contribution in [2.45, 2.75) is 277 Å². The van der Waals surface area contributed by atoms with Crippen LogP contribution in [0, 0.1) is 0 Å². The van der Waals surface area contributed by atoms with Gasteiger partial charge in [-0.05, 0) is 89.9 Å². The Morgan fingerprint density at radius 2 is 0.750 bits per heavy atom. The summed E-state index contributed by atoms with van der Waals surface area (Å²) in [5, 5.41) is 0. The highest BCUT2D eigenvalue weighted by Gasteiger charge is 2.27. The van der Waals surface area contributed by atoms with Crippen LogP contribution >= 0.6 is 7.82 Å². The maximum absolute atomic E-state index is 12.8. The van der Waals surface area contributed by atoms with Gasteiger partial charge in [0.15, 0.2) is 6.10 Å². The Morgan fingerprint density at radius 3 is 1.14 bits per heavy atom. The average Bonchev–Trinajstić information content (AvgIpc) is 3.38. The third kappa shape index (κ3) is 60.4. The van der Waals surface area contributed by atoms with Crippen LogP contribution in [0.3, 0.4) is 0 Å². The highest BCUT2D eigenvalue weighted by molar-refractivity contribution is 7.47. The summed E-state index contributed by atoms with van der Waals surface area (Å²) in [5.74, 6) is -0.842. The molecule has 0 saturated carbocycles. The van der Waals surface area contributed by atoms with E-state index in [0.29, 0.717) is 17.4 Å². The summed E-state index contributed by atoms with van der Waals surface area (Å²) in [6, 6.07) is 0. The van der Waals surface area contributed by atoms with E-state index in [1.807, 2.05) is 21.1 Å². The van der Waals surface area contributed by atoms with Crippen LogP contribution in [-0.2, 0) is 32.7 Å². The Balaban J connectivity index is 3.96. The van der Waals surface area contributed by atoms with Crippen molar-refractivity contribution in [1.29, 1.82) is 0 Å². The van der Waals surface area contributed by atoms with Crippen molar-refractivity contribution in [3.8, 4) is 0 Å². The molecule has 0 aliphatic carbocycles. The molecule has 9 nitrogen and oxygen atoms in total. The molecule has 2 unspecified atom stereocenters. The maximum Gasteiger partial charge on any atom is 0.472 e. The topological polar surface area (TPSA) is 108 Å². The van der Waals surface area contributed by atoms with Crippen molar-refractivity contribution in [2.75, 3.05) is 47.5 Å². The number of hydrogen-bond acceptors (Lipinski definition) is 7. The highest BCUT2D eigenvalue weighted by atomic mass is 31.2. The SMILES string of the molecule is CC/C=C\C/C=C\C/C=C\C/C=C\CCCCC(=O)OC(COC(=O)CCCCCCCCCCCCCCCCCCCCCCCC/C=C\C/C=C\C/C=C\CCCCCCC)COP(=O)(O)OCC[N+](C)(C)C. The number of unbranched alkanes of at least 4 members (excludes halogenated alkanes) is 29. The fraction of sp³-hybridized carbons (Fsp3) is 0.758. The van der Waals surface area contributed by atoms with Gasteiger partial charge in [0.25, 0.3) is 0 Å². The number of carbonyl (C=O) groups excluding carboxylic acids is 2. The number of rotatable bonds is 57. The third-order valence-electron chi connectivity index (χ3n) is 13.4. The molecule has 0 aromatic rings. The first-order chi connectivity index (χ1) is 37.0. The summed E-state index contributed by atoms with van der Waals surface area (Å²) < 4.78 is 34.5. The molecule has 10 heteroatoms. The summed E-state index contributed by atoms with van der Waals surface area (Å²) in [6.45, 7) is 4.27. The molecule has 0 fully saturated rings. The number of hydrogen-bond donors (Lipinski definition) is 1. The molecular formula is C66H119NO8P+. The molecule has 440 valence electrons. The first-order valence-electron chi connectivity index (χ1n) is 31.3. The molecular weight excluding hydrogens is 966 g/mol. The standard InChI is InChI=1S/C66H118NO8P/c1-6-8-10-12-14-16-18-20-22-23-24-25-26-27-28-29-30-31-32-33-34-35-36-37-38-39-40-41-42-43-45-46-48-50-52-54-56-58-65(68)72-62-64(63-74-76(70,71)73-61-60-67(3,4)5)75-66(69)59-57-55-53-51-49-47-44-21-19-17-15-13-11-9-7-2/h9,11,15,17-18,20-21,23-24,26-27,44,49,51,64H,6-8,10,12-14,16,19,22,25,28-43,45-48,50,52-63H2,1-5H3/p+1/b11-9-,17-15-,20-18-,24-23-,27-26-,44-21-,51-49-. The predicted molar refractivity (Wildman–Crippen MR) is 325 cm³/mol. The van der Waals surface area contributed by atoms with E-state index < -0.39 is 26.5 Å². The molecule has 76 heavy (non-hydrogen) atoms. The lowest BCUT2D eigenvalue weighted by Crippen LogP contribution is -2.37. The quantitative estimate of drug-likeness (QED) is 0.0211. The smallest absolute Gasteiger partial charge is 0.462 e. The molecule has 0 aromatic heterocycles. The van der Waals surface area contributed by atoms with Crippen LogP contribution < -0.4 is 0 Å². The van der Waals surface area contributed by atoms with Gasteiger partial charge in [-0.25, -0.2) is 4.57 Å². The molecule has 1 N–H and O–H groups in total. The van der Waals surface area contributed by atoms with Crippen LogP contribution in [0.1, 0.15) is 271 Å². The molecule has 0 bridgehead atoms. The van der Waals surface area contributed by atoms with Gasteiger partial charge in [-0.15, -0.1) is 0 Å². The number of allylic oxidation sites excluding steroid dienone is 14. The zero-order chi connectivity index (χ0) is 55.6. The molecule has 0 rings (SSSR count). The summed E-state index contributed by atoms with van der Waals surface area (Å²) >= 11 is 0. The zero-order valence-electron chi connectivity index (χ0n) is 50.0. The second-order valence-electron chi connectivity index (χ2n) is 22.1. The van der Waals surface area contributed by atoms with Crippen molar-refractivity contribution in [1.82, 2.24) is 0 Å². The van der Waals surface area contributed by atoms with Gasteiger partial charge in [-0.3, -0.25) is 18.6 Å². The second-order valence-corrected chi connectivity index (χ2v) is 23.5. The number of ether oxygens (including phenoxy) is 2. The second kappa shape index (κ2) is 56.9. The van der Waals surface area contributed by atoms with E-state index in [4.69, 9.17) is 18.5 Å². The fourth-order valence-electron chi connectivity index (χ4n) is 8.60. The van der Waals surface area contributed by atoms with Crippen LogP contribution in [-0.4, -0.2) is 74.9 Å². The molecule has 0 amide bonds. The summed E-state index contributed by atoms with van der Waals surface area (Å²) in [5.41, 5.74) is 0. The largest absolute Gasteiger partial charge is 0.472 e. The number of quaternary nitrogens is 1. The predicted octanol–water partition coefficient (Wildman–Crippen LogP) is 19.8. The van der Waals surface area contributed by atoms with Crippen LogP contribution in [0.25, 0.3) is 0 Å². The minimum Gasteiger partial charge on any atom is -0.462 e. The van der Waals surface area contributed by atoms with E-state index in [9.17, 15) is 19.0 Å². The van der Waals surface area contributed by atoms with Crippen molar-refractivity contribution in [3.63, 3.8) is 0 Å². The number of likely N-dealkylation sites (N-methyl/N-ethyl adjacent to an activating group) is 1. The molecule has 0 aliphatic rings. The van der Waals surface area contributed by atoms with Crippen LogP contribution in [0.2, 0.25) is 0 Å². The van der Waals surface area contributed by atoms with Gasteiger partial charge in [0, 0.05) is 12.8 Å². The van der Waals surface area contributed by atoms with Gasteiger partial charge in [0.1, 0.15) is 19.8 Å². The van der Waals surface area contributed by atoms with E-state index >= 15 is 0 Å². The first-order valence-corrected chi connectivity index (χ1v) is 32.8. The lowest BCUT2D eigenvalue weighted by Gasteiger charge is -2.24. The number of phosphoric acid groups is 1. The number of phosphoric ester groups is 1. The Kier molecular flexibility index (Phi) is 54.8. The van der Waals surface area contributed by atoms with E-state index in [2.05, 4.69) is 98.9 Å². The Bertz CT molecular complexity index is 1560. The van der Waals surface area contributed by atoms with Gasteiger partial charge < -0.3 is 18.9 Å². The molecule has 0 aromatic carbocycles. The number of carbonyl (C=O) groups is 2. The Morgan fingerprint density at radius 1 is 0.421 bits per heavy atom. The maximum atomic E-state index is 12.8. The molecule has 0 aliphatic heterocycles. The van der Waals surface area contributed by atoms with E-state index in [1.54, 1.807) is 0 Å². The first kappa shape index (κ1) is 73.2. The van der Waals surface area contributed by atoms with E-state index in [-0.39, 0.29) is 32.0 Å². The Hall–Kier alpha value is -2.81. The summed E-state index contributed by atoms with van der Waals surface area (Å²) in [6.07, 6.45) is 77.0. The molecule has 0 radical (unpaired) electrons. The molecule has 0 spiro atoms. The van der Waals surface area contributed by atoms with E-state index in [1.165, 1.54) is 167 Å². The fourth-order valence-corrected chi connectivity index (χ4v) is 9.34. The average molecular weight is 1090 g/mol. The van der Waals surface area contributed by atoms with Gasteiger partial charge in [0.05, 0.1) is 27.7 Å². The molecule has 0 saturated heterocycles. The normalized spacial score (nSPS) is 13.8. The summed E-state index contributed by atoms with van der Waals surface area (Å²) in [7, 11) is 1.45. The van der Waals surface area contributed by atoms with Crippen LogP contribution in [0.15, 0.2) is 85.1 Å². The van der Waals surface area contributed by atoms with Crippen molar-refractivity contribution in [2.24, 2.45) is 0 Å². The molecule has 2 atom stereocenters. The summed E-state index contributed by atoms with van der Waals surface area (Å²) in [4.78, 5) is 35.6. The van der Waals surface area contributed by atoms with Gasteiger partial charge in [0.2, 0.25) is 0 Å². The third-order valence-corrected chi connectivity index (χ3v) is 14.4. The minimum atomic E-state index is -4.40. The highest BCUT2D eigenvalue weighted by Crippen LogP contribution is 2.43. The van der Waals surface area contributed by atoms with Crippen molar-refractivity contribution < 1.29 is 42.1 Å². The van der Waals surface area contributed by atoms with Gasteiger partial charge in [-0.2, -0.15) is 0 Å². The van der Waals surface area contributed by atoms with Gasteiger partial charge in [-0.1, -0.05) is 253 Å². The number of esters is 2. The van der Waals surface area contributed by atoms with E-state index in [0.717, 1.165) is 70.6 Å². The minimum absolute atomic E-state index is 0.0214. The Labute approximate surface area is 469 Å². The lowest BCUT2D eigenvalue weighted by molar-refractivity contribution is -0.870. The lowest BCUT2D eigenvalue weighted by atomic mass is 10.0. The van der Waals surface area contributed by atoms with Gasteiger partial charge >= 0.3 is 19.8 Å². The van der Waals surface area contributed by atoms with Crippen LogP contribution in [0.4, 0.5) is 0 Å². The zero-order valence-corrected chi connectivity index (χ0v) is 50.9. The monoisotopic (exact) mass is 1080 g/mol. The number of nitrogens with zero attached hydrogens (tertiary/aromatic N) is 1. The van der Waals surface area contributed by atoms with Crippen molar-refractivity contribution >= 4 is 19.8 Å². The molecule has 0 heterocycles. The van der Waals surface area contributed by atoms with Crippen LogP contribution in [0.5, 0.6) is 0 Å². The van der Waals surface area contributed by atoms with Crippen molar-refractivity contribution in [3.05, 3.63) is 85.1 Å².